The van der Waals surface area contributed by atoms with Crippen molar-refractivity contribution in [2.24, 2.45) is 0 Å². The summed E-state index contributed by atoms with van der Waals surface area (Å²) in [5, 5.41) is 0.288. The van der Waals surface area contributed by atoms with Crippen LogP contribution in [0.15, 0.2) is 6.08 Å². The molecule has 0 saturated heterocycles. The monoisotopic (exact) mass is 206 g/mol. The molecule has 14 heavy (non-hydrogen) atoms. The smallest absolute Gasteiger partial charge is 0.518 e. The molecule has 0 aliphatic carbocycles. The Morgan fingerprint density at radius 1 is 1.36 bits per heavy atom. The third kappa shape index (κ3) is 5.41. The first-order chi connectivity index (χ1) is 5.70. The molecule has 0 heterocycles. The molecule has 0 spiro atoms. The molecular weight excluding hydrogens is 183 g/mol. The molecule has 0 aromatic carbocycles. The molecule has 0 aromatic rings. The third-order valence-corrected chi connectivity index (χ3v) is 7.37. The summed E-state index contributed by atoms with van der Waals surface area (Å²) in [5.74, 6) is 0. The zero-order chi connectivity index (χ0) is 10.7. The van der Waals surface area contributed by atoms with E-state index in [2.05, 4.69) is 40.8 Å². The largest absolute Gasteiger partial charge is 1.00 e. The van der Waals surface area contributed by atoms with Gasteiger partial charge in [0.05, 0.1) is 0 Å². The summed E-state index contributed by atoms with van der Waals surface area (Å²) in [5.41, 5.74) is 0. The van der Waals surface area contributed by atoms with E-state index in [9.17, 15) is 0 Å². The first-order valence-electron chi connectivity index (χ1n) is 4.92. The van der Waals surface area contributed by atoms with Crippen molar-refractivity contribution in [2.45, 2.75) is 58.4 Å². The molecule has 0 rings (SSSR count). The number of rotatable bonds is 4. The fourth-order valence-electron chi connectivity index (χ4n) is 0.919. The van der Waals surface area contributed by atoms with Gasteiger partial charge in [-0.3, -0.25) is 6.08 Å². The van der Waals surface area contributed by atoms with Crippen LogP contribution < -0.4 is 18.9 Å². The zero-order valence-corrected chi connectivity index (χ0v) is 11.8. The van der Waals surface area contributed by atoms with Gasteiger partial charge in [0.1, 0.15) is 0 Å². The Bertz CT molecular complexity index is 173. The van der Waals surface area contributed by atoms with E-state index in [-0.39, 0.29) is 30.0 Å². The molecule has 0 amide bonds. The Morgan fingerprint density at radius 3 is 2.07 bits per heavy atom. The van der Waals surface area contributed by atoms with E-state index in [1.165, 1.54) is 0 Å². The minimum atomic E-state index is -1.58. The zero-order valence-electron chi connectivity index (χ0n) is 10.8. The summed E-state index contributed by atoms with van der Waals surface area (Å²) in [4.78, 5) is 0. The van der Waals surface area contributed by atoms with Gasteiger partial charge in [-0.15, -0.1) is 0 Å². The Labute approximate surface area is 103 Å². The van der Waals surface area contributed by atoms with Crippen LogP contribution in [0.5, 0.6) is 0 Å². The van der Waals surface area contributed by atoms with E-state index in [0.29, 0.717) is 0 Å². The Balaban J connectivity index is 0. The fourth-order valence-corrected chi connectivity index (χ4v) is 2.38. The first kappa shape index (κ1) is 16.9. The topological polar surface area (TPSA) is 9.23 Å². The molecule has 3 heteroatoms. The molecule has 1 atom stereocenters. The fraction of sp³-hybridized carbons (Fsp3) is 0.818. The maximum atomic E-state index is 6.07. The van der Waals surface area contributed by atoms with Crippen LogP contribution in [0.1, 0.15) is 34.1 Å². The van der Waals surface area contributed by atoms with E-state index in [1.807, 2.05) is 0 Å². The number of hydrogen-bond acceptors (Lipinski definition) is 1. The Kier molecular flexibility index (Phi) is 7.47. The molecule has 1 unspecified atom stereocenters. The molecule has 0 aliphatic heterocycles. The summed E-state index contributed by atoms with van der Waals surface area (Å²) in [6.07, 6.45) is 2.77. The molecule has 0 N–H and O–H groups in total. The van der Waals surface area contributed by atoms with Crippen LogP contribution in [0, 0.1) is 6.58 Å². The maximum Gasteiger partial charge on any atom is 1.00 e. The van der Waals surface area contributed by atoms with Crippen LogP contribution in [0.4, 0.5) is 0 Å². The van der Waals surface area contributed by atoms with Crippen molar-refractivity contribution in [2.75, 3.05) is 0 Å². The molecule has 0 aliphatic rings. The van der Waals surface area contributed by atoms with Crippen LogP contribution in [-0.2, 0) is 4.43 Å². The minimum absolute atomic E-state index is 0. The third-order valence-electron chi connectivity index (χ3n) is 2.77. The standard InChI is InChI=1S/C11H23OSi.Li/c1-8-9-10(2)12-13(6,7)11(3,4)5;/h1,8,10H,9H2,2-7H3;/q-1;+1. The SMILES string of the molecule is [CH-]=CCC(C)O[Si](C)(C)C(C)(C)C.[Li+]. The first-order valence-corrected chi connectivity index (χ1v) is 7.83. The van der Waals surface area contributed by atoms with Crippen molar-refractivity contribution in [3.63, 3.8) is 0 Å². The van der Waals surface area contributed by atoms with Crippen LogP contribution in [0.25, 0.3) is 0 Å². The van der Waals surface area contributed by atoms with Crippen LogP contribution in [-0.4, -0.2) is 14.4 Å². The number of hydrogen-bond donors (Lipinski definition) is 0. The van der Waals surface area contributed by atoms with Gasteiger partial charge in [0.25, 0.3) is 0 Å². The van der Waals surface area contributed by atoms with E-state index >= 15 is 0 Å². The minimum Gasteiger partial charge on any atom is -0.518 e. The molecule has 1 nitrogen and oxygen atoms in total. The average molecular weight is 206 g/mol. The van der Waals surface area contributed by atoms with Crippen molar-refractivity contribution >= 4 is 8.32 Å². The van der Waals surface area contributed by atoms with Crippen LogP contribution in [0.3, 0.4) is 0 Å². The maximum absolute atomic E-state index is 6.07. The van der Waals surface area contributed by atoms with Crippen molar-refractivity contribution in [1.82, 2.24) is 0 Å². The summed E-state index contributed by atoms with van der Waals surface area (Å²) >= 11 is 0. The van der Waals surface area contributed by atoms with Gasteiger partial charge >= 0.3 is 18.9 Å². The molecule has 0 bridgehead atoms. The summed E-state index contributed by atoms with van der Waals surface area (Å²) in [6, 6.07) is 0. The summed E-state index contributed by atoms with van der Waals surface area (Å²) in [7, 11) is -1.58. The Morgan fingerprint density at radius 2 is 1.79 bits per heavy atom. The van der Waals surface area contributed by atoms with Gasteiger partial charge in [-0.1, -0.05) is 20.8 Å². The second kappa shape index (κ2) is 6.17. The van der Waals surface area contributed by atoms with Gasteiger partial charge in [-0.2, -0.15) is 0 Å². The van der Waals surface area contributed by atoms with Crippen LogP contribution in [0.2, 0.25) is 18.1 Å². The molecule has 0 fully saturated rings. The van der Waals surface area contributed by atoms with Crippen molar-refractivity contribution in [3.8, 4) is 0 Å². The molecular formula is C11H23LiOSi. The van der Waals surface area contributed by atoms with Gasteiger partial charge in [0.2, 0.25) is 0 Å². The second-order valence-electron chi connectivity index (χ2n) is 5.16. The molecule has 0 saturated carbocycles. The van der Waals surface area contributed by atoms with E-state index in [4.69, 9.17) is 11.0 Å². The quantitative estimate of drug-likeness (QED) is 0.488. The van der Waals surface area contributed by atoms with Gasteiger partial charge in [0.15, 0.2) is 8.32 Å². The van der Waals surface area contributed by atoms with Crippen molar-refractivity contribution in [3.05, 3.63) is 12.7 Å². The van der Waals surface area contributed by atoms with Crippen LogP contribution >= 0.6 is 0 Å². The summed E-state index contributed by atoms with van der Waals surface area (Å²) in [6.45, 7) is 18.7. The molecule has 0 aromatic heterocycles. The van der Waals surface area contributed by atoms with Crippen molar-refractivity contribution < 1.29 is 23.3 Å². The van der Waals surface area contributed by atoms with E-state index in [0.717, 1.165) is 6.42 Å². The normalized spacial score (nSPS) is 14.4. The summed E-state index contributed by atoms with van der Waals surface area (Å²) < 4.78 is 6.07. The molecule has 78 valence electrons. The van der Waals surface area contributed by atoms with E-state index < -0.39 is 8.32 Å². The van der Waals surface area contributed by atoms with Gasteiger partial charge in [0, 0.05) is 6.10 Å². The van der Waals surface area contributed by atoms with Crippen molar-refractivity contribution in [1.29, 1.82) is 0 Å². The molecule has 0 radical (unpaired) electrons. The Hall–Kier alpha value is 0.514. The predicted molar refractivity (Wildman–Crippen MR) is 61.2 cm³/mol. The van der Waals surface area contributed by atoms with Gasteiger partial charge in [-0.05, 0) is 31.5 Å². The van der Waals surface area contributed by atoms with E-state index in [1.54, 1.807) is 6.08 Å². The average Bonchev–Trinajstić information content (AvgIpc) is 1.83. The predicted octanol–water partition coefficient (Wildman–Crippen LogP) is 0.780. The second-order valence-corrected chi connectivity index (χ2v) is 9.92. The van der Waals surface area contributed by atoms with Gasteiger partial charge < -0.3 is 11.0 Å². The van der Waals surface area contributed by atoms with Gasteiger partial charge in [-0.25, -0.2) is 0 Å².